The van der Waals surface area contributed by atoms with Crippen molar-refractivity contribution in [3.05, 3.63) is 70.6 Å². The van der Waals surface area contributed by atoms with Crippen molar-refractivity contribution >= 4 is 27.5 Å². The van der Waals surface area contributed by atoms with Gasteiger partial charge in [-0.2, -0.15) is 0 Å². The summed E-state index contributed by atoms with van der Waals surface area (Å²) in [5, 5.41) is 2.98. The van der Waals surface area contributed by atoms with E-state index in [0.29, 0.717) is 29.2 Å². The van der Waals surface area contributed by atoms with Gasteiger partial charge in [0.1, 0.15) is 17.3 Å². The van der Waals surface area contributed by atoms with Crippen LogP contribution >= 0.6 is 11.3 Å². The van der Waals surface area contributed by atoms with Crippen molar-refractivity contribution in [3.63, 3.8) is 0 Å². The fraction of sp³-hybridized carbons (Fsp3) is 0.174. The zero-order valence-electron chi connectivity index (χ0n) is 16.4. The van der Waals surface area contributed by atoms with E-state index in [9.17, 15) is 4.79 Å². The molecular weight excluding hydrogens is 386 g/mol. The first-order chi connectivity index (χ1) is 14.1. The lowest BCUT2D eigenvalue weighted by molar-refractivity contribution is 0.0951. The molecule has 2 aromatic heterocycles. The van der Waals surface area contributed by atoms with E-state index in [1.807, 2.05) is 55.5 Å². The molecule has 4 aromatic rings. The van der Waals surface area contributed by atoms with Gasteiger partial charge in [-0.05, 0) is 19.1 Å². The Labute approximate surface area is 172 Å². The summed E-state index contributed by atoms with van der Waals surface area (Å²) in [7, 11) is 3.20. The van der Waals surface area contributed by atoms with Gasteiger partial charge in [-0.15, -0.1) is 11.3 Å². The number of amides is 1. The smallest absolute Gasteiger partial charge is 0.256 e. The number of ether oxygens (including phenoxy) is 2. The molecule has 1 N–H and O–H groups in total. The van der Waals surface area contributed by atoms with Crippen molar-refractivity contribution in [2.24, 2.45) is 0 Å². The van der Waals surface area contributed by atoms with Gasteiger partial charge in [-0.3, -0.25) is 4.79 Å². The highest BCUT2D eigenvalue weighted by atomic mass is 32.1. The number of methoxy groups -OCH3 is 2. The summed E-state index contributed by atoms with van der Waals surface area (Å²) in [5.74, 6) is 1.97. The summed E-state index contributed by atoms with van der Waals surface area (Å²) < 4.78 is 17.7. The molecule has 0 unspecified atom stereocenters. The Balaban J connectivity index is 1.59. The van der Waals surface area contributed by atoms with Gasteiger partial charge in [0.2, 0.25) is 0 Å². The molecule has 6 heteroatoms. The number of rotatable bonds is 6. The Kier molecular flexibility index (Phi) is 5.27. The molecule has 148 valence electrons. The molecule has 0 saturated heterocycles. The number of furan rings is 1. The van der Waals surface area contributed by atoms with Crippen LogP contribution in [-0.2, 0) is 6.54 Å². The minimum absolute atomic E-state index is 0.166. The second-order valence-electron chi connectivity index (χ2n) is 6.56. The summed E-state index contributed by atoms with van der Waals surface area (Å²) in [6.07, 6.45) is 0. The molecule has 4 rings (SSSR count). The summed E-state index contributed by atoms with van der Waals surface area (Å²) >= 11 is 1.56. The van der Waals surface area contributed by atoms with Crippen LogP contribution in [0.4, 0.5) is 0 Å². The predicted molar refractivity (Wildman–Crippen MR) is 115 cm³/mol. The third-order valence-corrected chi connectivity index (χ3v) is 5.79. The van der Waals surface area contributed by atoms with E-state index in [0.717, 1.165) is 26.5 Å². The minimum Gasteiger partial charge on any atom is -0.497 e. The van der Waals surface area contributed by atoms with Crippen molar-refractivity contribution in [1.82, 2.24) is 5.32 Å². The number of thiophene rings is 1. The molecule has 0 spiro atoms. The van der Waals surface area contributed by atoms with E-state index in [2.05, 4.69) is 5.32 Å². The summed E-state index contributed by atoms with van der Waals surface area (Å²) in [5.41, 5.74) is 3.07. The minimum atomic E-state index is -0.166. The molecule has 0 aliphatic rings. The first-order valence-corrected chi connectivity index (χ1v) is 10.00. The zero-order valence-corrected chi connectivity index (χ0v) is 17.3. The molecule has 0 bridgehead atoms. The number of carbonyl (C=O) groups is 1. The predicted octanol–water partition coefficient (Wildman–Crippen LogP) is 5.42. The molecule has 0 radical (unpaired) electrons. The lowest BCUT2D eigenvalue weighted by atomic mass is 10.1. The van der Waals surface area contributed by atoms with E-state index < -0.39 is 0 Å². The van der Waals surface area contributed by atoms with Crippen LogP contribution in [0.2, 0.25) is 0 Å². The fourth-order valence-corrected chi connectivity index (χ4v) is 4.29. The first-order valence-electron chi connectivity index (χ1n) is 9.18. The van der Waals surface area contributed by atoms with E-state index in [1.54, 1.807) is 31.6 Å². The van der Waals surface area contributed by atoms with Crippen LogP contribution in [0, 0.1) is 6.92 Å². The van der Waals surface area contributed by atoms with Crippen molar-refractivity contribution in [1.29, 1.82) is 0 Å². The van der Waals surface area contributed by atoms with Crippen LogP contribution in [0.15, 0.2) is 59.0 Å². The maximum atomic E-state index is 13.0. The monoisotopic (exact) mass is 407 g/mol. The Morgan fingerprint density at radius 2 is 1.86 bits per heavy atom. The van der Waals surface area contributed by atoms with Crippen molar-refractivity contribution in [3.8, 4) is 22.8 Å². The van der Waals surface area contributed by atoms with Crippen LogP contribution < -0.4 is 14.8 Å². The molecule has 0 saturated carbocycles. The number of hydrogen-bond acceptors (Lipinski definition) is 5. The van der Waals surface area contributed by atoms with E-state index in [-0.39, 0.29) is 5.91 Å². The van der Waals surface area contributed by atoms with E-state index in [4.69, 9.17) is 13.9 Å². The van der Waals surface area contributed by atoms with Crippen LogP contribution in [0.3, 0.4) is 0 Å². The molecule has 5 nitrogen and oxygen atoms in total. The normalized spacial score (nSPS) is 10.9. The molecule has 1 amide bonds. The number of nitrogens with one attached hydrogen (secondary N) is 1. The Morgan fingerprint density at radius 1 is 1.07 bits per heavy atom. The van der Waals surface area contributed by atoms with Gasteiger partial charge < -0.3 is 19.2 Å². The van der Waals surface area contributed by atoms with Gasteiger partial charge in [-0.25, -0.2) is 0 Å². The van der Waals surface area contributed by atoms with Gasteiger partial charge in [-0.1, -0.05) is 30.3 Å². The highest BCUT2D eigenvalue weighted by Crippen LogP contribution is 2.37. The Bertz CT molecular complexity index is 1160. The molecule has 0 aliphatic carbocycles. The van der Waals surface area contributed by atoms with Crippen LogP contribution in [-0.4, -0.2) is 20.1 Å². The number of benzene rings is 2. The third kappa shape index (κ3) is 3.71. The topological polar surface area (TPSA) is 60.7 Å². The first kappa shape index (κ1) is 19.1. The molecule has 2 aromatic carbocycles. The van der Waals surface area contributed by atoms with Gasteiger partial charge in [0, 0.05) is 34.7 Å². The number of fused-ring (bicyclic) bond motifs is 1. The van der Waals surface area contributed by atoms with E-state index in [1.165, 1.54) is 0 Å². The average molecular weight is 407 g/mol. The van der Waals surface area contributed by atoms with Crippen LogP contribution in [0.5, 0.6) is 11.5 Å². The second-order valence-corrected chi connectivity index (χ2v) is 7.82. The summed E-state index contributed by atoms with van der Waals surface area (Å²) in [6, 6.07) is 17.4. The summed E-state index contributed by atoms with van der Waals surface area (Å²) in [4.78, 5) is 13.9. The largest absolute Gasteiger partial charge is 0.497 e. The molecular formula is C23H21NO4S. The maximum Gasteiger partial charge on any atom is 0.256 e. The van der Waals surface area contributed by atoms with Crippen molar-refractivity contribution in [2.75, 3.05) is 14.2 Å². The van der Waals surface area contributed by atoms with Crippen molar-refractivity contribution < 1.29 is 18.7 Å². The molecule has 0 atom stereocenters. The number of aryl methyl sites for hydroxylation is 1. The Morgan fingerprint density at radius 3 is 2.59 bits per heavy atom. The van der Waals surface area contributed by atoms with Gasteiger partial charge in [0.05, 0.1) is 24.5 Å². The fourth-order valence-electron chi connectivity index (χ4n) is 3.27. The molecule has 0 aliphatic heterocycles. The standard InChI is InChI=1S/C23H21NO4S/c1-14-21(22-20(29-14)12-19(28-22)15-7-5-4-6-8-15)23(25)24-13-16-9-10-17(26-2)11-18(16)27-3/h4-12H,13H2,1-3H3,(H,24,25). The van der Waals surface area contributed by atoms with Gasteiger partial charge >= 0.3 is 0 Å². The van der Waals surface area contributed by atoms with Crippen LogP contribution in [0.25, 0.3) is 21.6 Å². The third-order valence-electron chi connectivity index (χ3n) is 4.76. The molecule has 29 heavy (non-hydrogen) atoms. The lowest BCUT2D eigenvalue weighted by Gasteiger charge is -2.11. The SMILES string of the molecule is COc1ccc(CNC(=O)c2c(C)sc3cc(-c4ccccc4)oc23)c(OC)c1. The van der Waals surface area contributed by atoms with E-state index >= 15 is 0 Å². The number of carbonyl (C=O) groups excluding carboxylic acids is 1. The van der Waals surface area contributed by atoms with Gasteiger partial charge in [0.25, 0.3) is 5.91 Å². The van der Waals surface area contributed by atoms with Gasteiger partial charge in [0.15, 0.2) is 5.58 Å². The van der Waals surface area contributed by atoms with Crippen LogP contribution in [0.1, 0.15) is 20.8 Å². The Hall–Kier alpha value is -3.25. The van der Waals surface area contributed by atoms with Crippen molar-refractivity contribution in [2.45, 2.75) is 13.5 Å². The molecule has 2 heterocycles. The highest BCUT2D eigenvalue weighted by Gasteiger charge is 2.21. The highest BCUT2D eigenvalue weighted by molar-refractivity contribution is 7.19. The second kappa shape index (κ2) is 8.01. The quantitative estimate of drug-likeness (QED) is 0.464. The maximum absolute atomic E-state index is 13.0. The molecule has 0 fully saturated rings. The number of hydrogen-bond donors (Lipinski definition) is 1. The average Bonchev–Trinajstić information content (AvgIpc) is 3.29. The summed E-state index contributed by atoms with van der Waals surface area (Å²) in [6.45, 7) is 2.28. The zero-order chi connectivity index (χ0) is 20.4. The lowest BCUT2D eigenvalue weighted by Crippen LogP contribution is -2.23.